The Kier molecular flexibility index (Phi) is 7.25. The van der Waals surface area contributed by atoms with E-state index in [1.54, 1.807) is 0 Å². The Bertz CT molecular complexity index is 268. The smallest absolute Gasteiger partial charge is 0.303 e. The lowest BCUT2D eigenvalue weighted by molar-refractivity contribution is -0.146. The molecule has 0 aliphatic rings. The predicted molar refractivity (Wildman–Crippen MR) is 61.1 cm³/mol. The van der Waals surface area contributed by atoms with Crippen LogP contribution in [0.2, 0.25) is 0 Å². The Morgan fingerprint density at radius 1 is 1.31 bits per heavy atom. The van der Waals surface area contributed by atoms with E-state index in [0.717, 1.165) is 12.0 Å². The number of carboxylic acid groups (broad SMARTS) is 1. The molecule has 0 rings (SSSR count). The first-order valence-electron chi connectivity index (χ1n) is 5.50. The molecule has 0 aromatic heterocycles. The summed E-state index contributed by atoms with van der Waals surface area (Å²) in [6, 6.07) is 0. The largest absolute Gasteiger partial charge is 0.481 e. The lowest BCUT2D eigenvalue weighted by atomic mass is 10.1. The van der Waals surface area contributed by atoms with Gasteiger partial charge in [-0.2, -0.15) is 0 Å². The van der Waals surface area contributed by atoms with Gasteiger partial charge in [0.05, 0.1) is 0 Å². The number of ether oxygens (including phenoxy) is 1. The summed E-state index contributed by atoms with van der Waals surface area (Å²) in [5.41, 5.74) is 1.02. The van der Waals surface area contributed by atoms with Gasteiger partial charge in [0, 0.05) is 19.8 Å². The molecular weight excluding hydrogens is 208 g/mol. The molecule has 0 bridgehead atoms. The summed E-state index contributed by atoms with van der Waals surface area (Å²) in [6.45, 7) is 5.24. The Hall–Kier alpha value is -1.32. The van der Waals surface area contributed by atoms with Crippen molar-refractivity contribution < 1.29 is 19.4 Å². The van der Waals surface area contributed by atoms with Crippen LogP contribution >= 0.6 is 0 Å². The van der Waals surface area contributed by atoms with Crippen LogP contribution in [-0.2, 0) is 14.3 Å². The van der Waals surface area contributed by atoms with Gasteiger partial charge in [-0.1, -0.05) is 18.6 Å². The highest BCUT2D eigenvalue weighted by atomic mass is 16.5. The van der Waals surface area contributed by atoms with Crippen LogP contribution in [0.3, 0.4) is 0 Å². The second-order valence-electron chi connectivity index (χ2n) is 3.82. The first-order valence-corrected chi connectivity index (χ1v) is 5.50. The van der Waals surface area contributed by atoms with Crippen LogP contribution in [0.15, 0.2) is 11.6 Å². The van der Waals surface area contributed by atoms with Crippen molar-refractivity contribution >= 4 is 11.9 Å². The Balaban J connectivity index is 4.01. The van der Waals surface area contributed by atoms with E-state index >= 15 is 0 Å². The molecule has 0 saturated heterocycles. The molecule has 1 unspecified atom stereocenters. The van der Waals surface area contributed by atoms with Gasteiger partial charge in [0.1, 0.15) is 6.10 Å². The fourth-order valence-corrected chi connectivity index (χ4v) is 1.27. The molecule has 1 atom stereocenters. The van der Waals surface area contributed by atoms with Crippen LogP contribution in [0, 0.1) is 0 Å². The van der Waals surface area contributed by atoms with Crippen LogP contribution in [0.25, 0.3) is 0 Å². The molecule has 0 spiro atoms. The number of carbonyl (C=O) groups is 2. The van der Waals surface area contributed by atoms with Gasteiger partial charge in [-0.3, -0.25) is 9.59 Å². The van der Waals surface area contributed by atoms with Gasteiger partial charge >= 0.3 is 11.9 Å². The van der Waals surface area contributed by atoms with Crippen molar-refractivity contribution in [3.8, 4) is 0 Å². The molecule has 16 heavy (non-hydrogen) atoms. The SMILES string of the molecule is CCC(CC=C(C)CCC(=O)O)OC(C)=O. The number of aliphatic carboxylic acids is 1. The average molecular weight is 228 g/mol. The minimum atomic E-state index is -0.792. The van der Waals surface area contributed by atoms with Crippen LogP contribution < -0.4 is 0 Å². The maximum atomic E-state index is 10.8. The molecule has 0 aliphatic carbocycles. The number of carboxylic acids is 1. The van der Waals surface area contributed by atoms with Gasteiger partial charge in [-0.15, -0.1) is 0 Å². The van der Waals surface area contributed by atoms with E-state index in [0.29, 0.717) is 12.8 Å². The van der Waals surface area contributed by atoms with Gasteiger partial charge < -0.3 is 9.84 Å². The van der Waals surface area contributed by atoms with Crippen LogP contribution in [0.4, 0.5) is 0 Å². The molecule has 4 heteroatoms. The average Bonchev–Trinajstić information content (AvgIpc) is 2.20. The highest BCUT2D eigenvalue weighted by molar-refractivity contribution is 5.67. The lowest BCUT2D eigenvalue weighted by Gasteiger charge is -2.13. The maximum Gasteiger partial charge on any atom is 0.303 e. The van der Waals surface area contributed by atoms with Gasteiger partial charge in [0.25, 0.3) is 0 Å². The molecule has 0 radical (unpaired) electrons. The second kappa shape index (κ2) is 7.91. The van der Waals surface area contributed by atoms with E-state index in [9.17, 15) is 9.59 Å². The number of rotatable bonds is 7. The molecule has 4 nitrogen and oxygen atoms in total. The lowest BCUT2D eigenvalue weighted by Crippen LogP contribution is -2.14. The Morgan fingerprint density at radius 3 is 2.38 bits per heavy atom. The second-order valence-corrected chi connectivity index (χ2v) is 3.82. The number of hydrogen-bond acceptors (Lipinski definition) is 3. The number of esters is 1. The Morgan fingerprint density at radius 2 is 1.94 bits per heavy atom. The minimum absolute atomic E-state index is 0.0997. The van der Waals surface area contributed by atoms with Gasteiger partial charge in [-0.05, 0) is 19.8 Å². The van der Waals surface area contributed by atoms with Gasteiger partial charge in [0.15, 0.2) is 0 Å². The summed E-state index contributed by atoms with van der Waals surface area (Å²) < 4.78 is 5.08. The maximum absolute atomic E-state index is 10.8. The fraction of sp³-hybridized carbons (Fsp3) is 0.667. The van der Waals surface area contributed by atoms with E-state index in [1.807, 2.05) is 19.9 Å². The fourth-order valence-electron chi connectivity index (χ4n) is 1.27. The molecule has 0 fully saturated rings. The summed E-state index contributed by atoms with van der Waals surface area (Å²) >= 11 is 0. The van der Waals surface area contributed by atoms with Crippen LogP contribution in [0.5, 0.6) is 0 Å². The zero-order valence-electron chi connectivity index (χ0n) is 10.2. The van der Waals surface area contributed by atoms with E-state index in [4.69, 9.17) is 9.84 Å². The van der Waals surface area contributed by atoms with Crippen molar-refractivity contribution in [2.75, 3.05) is 0 Å². The van der Waals surface area contributed by atoms with E-state index in [-0.39, 0.29) is 18.5 Å². The molecular formula is C12H20O4. The van der Waals surface area contributed by atoms with Crippen molar-refractivity contribution in [2.24, 2.45) is 0 Å². The van der Waals surface area contributed by atoms with E-state index in [2.05, 4.69) is 0 Å². The number of carbonyl (C=O) groups excluding carboxylic acids is 1. The van der Waals surface area contributed by atoms with Crippen molar-refractivity contribution in [1.82, 2.24) is 0 Å². The molecule has 0 saturated carbocycles. The van der Waals surface area contributed by atoms with Crippen LogP contribution in [0.1, 0.15) is 46.5 Å². The van der Waals surface area contributed by atoms with E-state index < -0.39 is 5.97 Å². The Labute approximate surface area is 96.3 Å². The quantitative estimate of drug-likeness (QED) is 0.537. The third-order valence-corrected chi connectivity index (χ3v) is 2.25. The number of allylic oxidation sites excluding steroid dienone is 1. The summed E-state index contributed by atoms with van der Waals surface area (Å²) in [6.07, 6.45) is 3.96. The third-order valence-electron chi connectivity index (χ3n) is 2.25. The van der Waals surface area contributed by atoms with Crippen molar-refractivity contribution in [1.29, 1.82) is 0 Å². The number of hydrogen-bond donors (Lipinski definition) is 1. The molecule has 0 aromatic rings. The predicted octanol–water partition coefficient (Wildman–Crippen LogP) is 2.53. The molecule has 92 valence electrons. The highest BCUT2D eigenvalue weighted by Gasteiger charge is 2.07. The third kappa shape index (κ3) is 8.03. The molecule has 0 aliphatic heterocycles. The monoisotopic (exact) mass is 228 g/mol. The van der Waals surface area contributed by atoms with Crippen molar-refractivity contribution in [3.05, 3.63) is 11.6 Å². The summed E-state index contributed by atoms with van der Waals surface area (Å²) in [7, 11) is 0. The van der Waals surface area contributed by atoms with Crippen LogP contribution in [-0.4, -0.2) is 23.1 Å². The van der Waals surface area contributed by atoms with Crippen molar-refractivity contribution in [3.63, 3.8) is 0 Å². The molecule has 0 aromatic carbocycles. The van der Waals surface area contributed by atoms with Crippen molar-refractivity contribution in [2.45, 2.75) is 52.6 Å². The molecule has 1 N–H and O–H groups in total. The molecule has 0 amide bonds. The summed E-state index contributed by atoms with van der Waals surface area (Å²) in [5, 5.41) is 8.51. The highest BCUT2D eigenvalue weighted by Crippen LogP contribution is 2.10. The topological polar surface area (TPSA) is 63.6 Å². The zero-order chi connectivity index (χ0) is 12.6. The summed E-state index contributed by atoms with van der Waals surface area (Å²) in [4.78, 5) is 21.1. The summed E-state index contributed by atoms with van der Waals surface area (Å²) in [5.74, 6) is -1.07. The first kappa shape index (κ1) is 14.7. The van der Waals surface area contributed by atoms with Gasteiger partial charge in [0.2, 0.25) is 0 Å². The first-order chi connectivity index (χ1) is 7.45. The standard InChI is InChI=1S/C12H20O4/c1-4-11(16-10(3)13)7-5-9(2)6-8-12(14)15/h5,11H,4,6-8H2,1-3H3,(H,14,15). The zero-order valence-corrected chi connectivity index (χ0v) is 10.2. The minimum Gasteiger partial charge on any atom is -0.481 e. The van der Waals surface area contributed by atoms with E-state index in [1.165, 1.54) is 6.92 Å². The molecule has 0 heterocycles. The van der Waals surface area contributed by atoms with Gasteiger partial charge in [-0.25, -0.2) is 0 Å². The normalized spacial score (nSPS) is 13.3.